The van der Waals surface area contributed by atoms with Crippen LogP contribution >= 0.6 is 28.3 Å². The number of likely N-dealkylation sites (N-methyl/N-ethyl adjacent to an activating group) is 1. The Morgan fingerprint density at radius 2 is 2.26 bits per heavy atom. The lowest BCUT2D eigenvalue weighted by Crippen LogP contribution is -2.47. The largest absolute Gasteiger partial charge is 0.337 e. The van der Waals surface area contributed by atoms with Crippen LogP contribution in [0.15, 0.2) is 22.7 Å². The lowest BCUT2D eigenvalue weighted by molar-refractivity contribution is 0.0693. The van der Waals surface area contributed by atoms with Gasteiger partial charge in [0.05, 0.1) is 5.56 Å². The van der Waals surface area contributed by atoms with Gasteiger partial charge in [-0.2, -0.15) is 0 Å². The summed E-state index contributed by atoms with van der Waals surface area (Å²) in [6.07, 6.45) is 2.01. The molecule has 3 nitrogen and oxygen atoms in total. The Kier molecular flexibility index (Phi) is 6.23. The number of nitrogens with zero attached hydrogens (tertiary/aromatic N) is 1. The minimum atomic E-state index is -0.463. The smallest absolute Gasteiger partial charge is 0.256 e. The first kappa shape index (κ1) is 16.4. The Bertz CT molecular complexity index is 458. The molecule has 0 radical (unpaired) electrons. The van der Waals surface area contributed by atoms with Crippen LogP contribution in [0, 0.1) is 5.82 Å². The molecule has 0 aliphatic carbocycles. The van der Waals surface area contributed by atoms with Crippen molar-refractivity contribution in [2.45, 2.75) is 18.9 Å². The maximum absolute atomic E-state index is 13.7. The maximum Gasteiger partial charge on any atom is 0.256 e. The van der Waals surface area contributed by atoms with E-state index in [1.807, 2.05) is 7.05 Å². The molecule has 6 heteroatoms. The number of hydrogen-bond donors (Lipinski definition) is 1. The molecule has 1 atom stereocenters. The normalized spacial score (nSPS) is 18.9. The van der Waals surface area contributed by atoms with Gasteiger partial charge in [0.1, 0.15) is 5.82 Å². The van der Waals surface area contributed by atoms with Crippen molar-refractivity contribution >= 4 is 34.2 Å². The van der Waals surface area contributed by atoms with Gasteiger partial charge in [-0.3, -0.25) is 4.79 Å². The maximum atomic E-state index is 13.7. The van der Waals surface area contributed by atoms with Crippen molar-refractivity contribution < 1.29 is 9.18 Å². The van der Waals surface area contributed by atoms with E-state index in [-0.39, 0.29) is 23.9 Å². The van der Waals surface area contributed by atoms with Crippen LogP contribution < -0.4 is 5.32 Å². The van der Waals surface area contributed by atoms with Gasteiger partial charge in [0.15, 0.2) is 0 Å². The molecule has 1 aliphatic heterocycles. The molecule has 1 aliphatic rings. The second-order valence-electron chi connectivity index (χ2n) is 4.50. The molecule has 19 heavy (non-hydrogen) atoms. The molecule has 0 spiro atoms. The third kappa shape index (κ3) is 3.91. The molecule has 1 fully saturated rings. The van der Waals surface area contributed by atoms with Crippen molar-refractivity contribution in [3.63, 3.8) is 0 Å². The quantitative estimate of drug-likeness (QED) is 0.888. The molecular formula is C13H17BrClFN2O. The summed E-state index contributed by atoms with van der Waals surface area (Å²) in [7, 11) is 1.89. The van der Waals surface area contributed by atoms with E-state index in [1.165, 1.54) is 6.07 Å². The second kappa shape index (κ2) is 7.22. The second-order valence-corrected chi connectivity index (χ2v) is 5.42. The molecule has 0 aromatic heterocycles. The van der Waals surface area contributed by atoms with Crippen LogP contribution in [0.3, 0.4) is 0 Å². The first-order valence-electron chi connectivity index (χ1n) is 6.03. The van der Waals surface area contributed by atoms with E-state index >= 15 is 0 Å². The van der Waals surface area contributed by atoms with Crippen LogP contribution in [0.4, 0.5) is 4.39 Å². The number of rotatable bonds is 2. The predicted octanol–water partition coefficient (Wildman–Crippen LogP) is 2.83. The van der Waals surface area contributed by atoms with Crippen LogP contribution in [-0.4, -0.2) is 37.0 Å². The standard InChI is InChI=1S/C13H16BrFN2O.ClH/c1-16-10-3-2-6-17(8-10)13(18)11-7-9(14)4-5-12(11)15;/h4-5,7,10,16H,2-3,6,8H2,1H3;1H. The van der Waals surface area contributed by atoms with Crippen LogP contribution in [0.1, 0.15) is 23.2 Å². The average molecular weight is 352 g/mol. The number of halogens is 3. The number of benzene rings is 1. The van der Waals surface area contributed by atoms with Crippen LogP contribution in [0.2, 0.25) is 0 Å². The average Bonchev–Trinajstić information content (AvgIpc) is 2.41. The highest BCUT2D eigenvalue weighted by atomic mass is 79.9. The molecule has 1 N–H and O–H groups in total. The molecule has 1 unspecified atom stereocenters. The zero-order chi connectivity index (χ0) is 13.1. The molecular weight excluding hydrogens is 335 g/mol. The summed E-state index contributed by atoms with van der Waals surface area (Å²) < 4.78 is 14.4. The topological polar surface area (TPSA) is 32.3 Å². The molecule has 0 saturated carbocycles. The fourth-order valence-electron chi connectivity index (χ4n) is 2.23. The zero-order valence-electron chi connectivity index (χ0n) is 10.7. The number of nitrogens with one attached hydrogen (secondary N) is 1. The summed E-state index contributed by atoms with van der Waals surface area (Å²) in [6, 6.07) is 4.76. The lowest BCUT2D eigenvalue weighted by atomic mass is 10.0. The molecule has 1 aromatic rings. The summed E-state index contributed by atoms with van der Waals surface area (Å²) in [5.74, 6) is -0.691. The van der Waals surface area contributed by atoms with E-state index in [4.69, 9.17) is 0 Å². The summed E-state index contributed by atoms with van der Waals surface area (Å²) in [5.41, 5.74) is 0.140. The number of hydrogen-bond acceptors (Lipinski definition) is 2. The van der Waals surface area contributed by atoms with Crippen LogP contribution in [0.5, 0.6) is 0 Å². The van der Waals surface area contributed by atoms with Gasteiger partial charge in [0.25, 0.3) is 5.91 Å². The van der Waals surface area contributed by atoms with Gasteiger partial charge in [-0.15, -0.1) is 12.4 Å². The number of carbonyl (C=O) groups excluding carboxylic acids is 1. The predicted molar refractivity (Wildman–Crippen MR) is 79.3 cm³/mol. The first-order valence-corrected chi connectivity index (χ1v) is 6.82. The highest BCUT2D eigenvalue weighted by Gasteiger charge is 2.25. The van der Waals surface area contributed by atoms with Crippen LogP contribution in [-0.2, 0) is 0 Å². The van der Waals surface area contributed by atoms with Crippen molar-refractivity contribution in [2.24, 2.45) is 0 Å². The summed E-state index contributed by atoms with van der Waals surface area (Å²) in [6.45, 7) is 1.34. The highest BCUT2D eigenvalue weighted by Crippen LogP contribution is 2.19. The Morgan fingerprint density at radius 3 is 2.95 bits per heavy atom. The molecule has 1 heterocycles. The minimum absolute atomic E-state index is 0. The molecule has 1 amide bonds. The van der Waals surface area contributed by atoms with E-state index in [1.54, 1.807) is 17.0 Å². The van der Waals surface area contributed by atoms with Gasteiger partial charge in [-0.05, 0) is 38.1 Å². The Balaban J connectivity index is 0.00000180. The van der Waals surface area contributed by atoms with Crippen molar-refractivity contribution in [2.75, 3.05) is 20.1 Å². The minimum Gasteiger partial charge on any atom is -0.337 e. The number of likely N-dealkylation sites (tertiary alicyclic amines) is 1. The number of amides is 1. The fraction of sp³-hybridized carbons (Fsp3) is 0.462. The first-order chi connectivity index (χ1) is 8.61. The number of piperidine rings is 1. The summed E-state index contributed by atoms with van der Waals surface area (Å²) in [5, 5.41) is 3.17. The highest BCUT2D eigenvalue weighted by molar-refractivity contribution is 9.10. The van der Waals surface area contributed by atoms with Gasteiger partial charge in [-0.25, -0.2) is 4.39 Å². The Morgan fingerprint density at radius 1 is 1.53 bits per heavy atom. The molecule has 2 rings (SSSR count). The third-order valence-electron chi connectivity index (χ3n) is 3.28. The van der Waals surface area contributed by atoms with E-state index in [9.17, 15) is 9.18 Å². The Labute approximate surface area is 127 Å². The van der Waals surface area contributed by atoms with E-state index in [0.29, 0.717) is 19.1 Å². The van der Waals surface area contributed by atoms with Gasteiger partial charge in [-0.1, -0.05) is 15.9 Å². The van der Waals surface area contributed by atoms with E-state index < -0.39 is 5.82 Å². The SMILES string of the molecule is CNC1CCCN(C(=O)c2cc(Br)ccc2F)C1.Cl. The molecule has 1 saturated heterocycles. The van der Waals surface area contributed by atoms with Gasteiger partial charge in [0.2, 0.25) is 0 Å². The van der Waals surface area contributed by atoms with Gasteiger partial charge < -0.3 is 10.2 Å². The molecule has 1 aromatic carbocycles. The van der Waals surface area contributed by atoms with Crippen molar-refractivity contribution in [3.8, 4) is 0 Å². The lowest BCUT2D eigenvalue weighted by Gasteiger charge is -2.32. The Hall–Kier alpha value is -0.650. The monoisotopic (exact) mass is 350 g/mol. The number of carbonyl (C=O) groups is 1. The summed E-state index contributed by atoms with van der Waals surface area (Å²) in [4.78, 5) is 14.0. The van der Waals surface area contributed by atoms with Crippen molar-refractivity contribution in [3.05, 3.63) is 34.1 Å². The summed E-state index contributed by atoms with van der Waals surface area (Å²) >= 11 is 3.26. The fourth-order valence-corrected chi connectivity index (χ4v) is 2.59. The molecule has 0 bridgehead atoms. The van der Waals surface area contributed by atoms with Crippen molar-refractivity contribution in [1.29, 1.82) is 0 Å². The van der Waals surface area contributed by atoms with Crippen molar-refractivity contribution in [1.82, 2.24) is 10.2 Å². The van der Waals surface area contributed by atoms with Gasteiger partial charge >= 0.3 is 0 Å². The third-order valence-corrected chi connectivity index (χ3v) is 3.77. The molecule has 106 valence electrons. The van der Waals surface area contributed by atoms with Crippen LogP contribution in [0.25, 0.3) is 0 Å². The van der Waals surface area contributed by atoms with E-state index in [0.717, 1.165) is 17.3 Å². The van der Waals surface area contributed by atoms with Gasteiger partial charge in [0, 0.05) is 23.6 Å². The zero-order valence-corrected chi connectivity index (χ0v) is 13.1. The van der Waals surface area contributed by atoms with E-state index in [2.05, 4.69) is 21.2 Å².